The van der Waals surface area contributed by atoms with Crippen molar-refractivity contribution in [3.63, 3.8) is 0 Å². The lowest BCUT2D eigenvalue weighted by Crippen LogP contribution is -2.59. The van der Waals surface area contributed by atoms with Crippen molar-refractivity contribution < 1.29 is 47.3 Å². The molecule has 592 valence electrons. The van der Waals surface area contributed by atoms with E-state index in [0.717, 1.165) is 77.5 Å². The second-order valence-corrected chi connectivity index (χ2v) is 32.1. The van der Waals surface area contributed by atoms with Gasteiger partial charge in [0.2, 0.25) is 18.7 Å². The Hall–Kier alpha value is -11.1. The fourth-order valence-corrected chi connectivity index (χ4v) is 15.3. The largest absolute Gasteiger partial charge is 0.481 e. The Morgan fingerprint density at radius 2 is 0.982 bits per heavy atom. The Morgan fingerprint density at radius 1 is 0.598 bits per heavy atom. The molecule has 112 heavy (non-hydrogen) atoms. The molecular weight excluding hydrogens is 1450 g/mol. The number of aromatic nitrogens is 10. The molecule has 2 amide bonds. The topological polar surface area (TPSA) is 361 Å². The van der Waals surface area contributed by atoms with E-state index < -0.39 is 61.0 Å². The van der Waals surface area contributed by atoms with Crippen molar-refractivity contribution in [2.75, 3.05) is 86.7 Å². The number of carboxylic acids is 1. The molecule has 0 spiro atoms. The summed E-state index contributed by atoms with van der Waals surface area (Å²) in [5.41, 5.74) is 4.59. The molecule has 28 nitrogen and oxygen atoms in total. The van der Waals surface area contributed by atoms with E-state index >= 15 is 0 Å². The number of esters is 1. The Kier molecular flexibility index (Phi) is 26.3. The number of carbonyl (C=O) groups excluding carboxylic acids is 3. The van der Waals surface area contributed by atoms with Crippen LogP contribution in [-0.4, -0.2) is 155 Å². The van der Waals surface area contributed by atoms with Gasteiger partial charge in [0.25, 0.3) is 0 Å². The van der Waals surface area contributed by atoms with Crippen LogP contribution >= 0.6 is 11.6 Å². The highest BCUT2D eigenvalue weighted by molar-refractivity contribution is 6.17. The molecule has 8 aliphatic rings. The predicted octanol–water partition coefficient (Wildman–Crippen LogP) is 14.6. The van der Waals surface area contributed by atoms with Gasteiger partial charge in [-0.3, -0.25) is 29.4 Å². The Balaban J connectivity index is 0.000000225. The second-order valence-electron chi connectivity index (χ2n) is 31.9. The third-order valence-electron chi connectivity index (χ3n) is 21.5. The number of aliphatic carboxylic acids is 1. The van der Waals surface area contributed by atoms with Gasteiger partial charge in [-0.15, -0.1) is 10.2 Å². The Bertz CT molecular complexity index is 4960. The Labute approximate surface area is 657 Å². The summed E-state index contributed by atoms with van der Waals surface area (Å²) in [4.78, 5) is 75.8. The van der Waals surface area contributed by atoms with E-state index in [-0.39, 0.29) is 95.3 Å². The molecule has 3 N–H and O–H groups in total. The molecular formula is C81H99ClF2N20O8. The molecule has 8 aromatic rings. The molecule has 6 aliphatic carbocycles. The summed E-state index contributed by atoms with van der Waals surface area (Å²) >= 11 is 5.90. The van der Waals surface area contributed by atoms with Gasteiger partial charge in [0, 0.05) is 58.8 Å². The third kappa shape index (κ3) is 18.0. The molecule has 2 aromatic carbocycles. The van der Waals surface area contributed by atoms with Crippen molar-refractivity contribution in [3.05, 3.63) is 141 Å². The monoisotopic (exact) mass is 1550 g/mol. The second kappa shape index (κ2) is 34.7. The molecule has 16 rings (SSSR count). The van der Waals surface area contributed by atoms with Gasteiger partial charge in [-0.05, 0) is 177 Å². The van der Waals surface area contributed by atoms with Gasteiger partial charge in [0.1, 0.15) is 47.7 Å². The number of piperidine rings is 2. The van der Waals surface area contributed by atoms with Gasteiger partial charge < -0.3 is 39.8 Å². The summed E-state index contributed by atoms with van der Waals surface area (Å²) in [7, 11) is 4.02. The summed E-state index contributed by atoms with van der Waals surface area (Å²) in [6.45, 7) is 19.2. The number of ether oxygens (including phenoxy) is 3. The Morgan fingerprint density at radius 3 is 1.32 bits per heavy atom. The lowest BCUT2D eigenvalue weighted by molar-refractivity contribution is -0.158. The molecule has 2 saturated heterocycles. The van der Waals surface area contributed by atoms with E-state index in [2.05, 4.69) is 106 Å². The lowest BCUT2D eigenvalue weighted by atomic mass is 9.50. The van der Waals surface area contributed by atoms with Crippen molar-refractivity contribution in [1.29, 1.82) is 21.0 Å². The standard InChI is InChI=1S/C39H43FN10O4.C32H31ClFN9O2.C7H13NO2.3CH4/c1-23-29(6-7-32(40)45-23)35(31-20-49(47-46-31)39-14-24(15-39)16-39)50(37(52)54-22-53-36(51)25-8-10-48(5)11-9-25)28-12-26(17-41)33-30(13-28)34(27(18-42)19-43-33)44-21-38(2,3)4;1-18-23(5-6-26(34)39-18)29(25-15-42(41-40-25)32-9-19(10-32)11-32)43(30(44)45-17-33)22-7-20(12-35)27-24(8-22)28(21(13-36)14-37-27)38-16-31(2,3)4;1-8-4-2-6(3-5-8)7(9)10;;;/h6-7,12-13,19-20,24-25,35H,8-11,14-16,21-22H2,1-5H3,(H,43,44);5-8,14-15,19,29H,9-11,16-17H2,1-4H3,(H,37,38);6H,2-5H2,1H3,(H,9,10);3*1H4. The smallest absolute Gasteiger partial charge is 0.418 e. The number of pyridine rings is 4. The number of fused-ring (bicyclic) bond motifs is 2. The number of amides is 2. The summed E-state index contributed by atoms with van der Waals surface area (Å²) in [6, 6.07) is 18.1. The number of benzene rings is 2. The maximum Gasteiger partial charge on any atom is 0.418 e. The minimum Gasteiger partial charge on any atom is -0.481 e. The fraction of sp³-hybridized carbons (Fsp3) is 0.506. The van der Waals surface area contributed by atoms with Crippen molar-refractivity contribution >= 4 is 80.3 Å². The van der Waals surface area contributed by atoms with Crippen LogP contribution in [0.25, 0.3) is 21.8 Å². The third-order valence-corrected chi connectivity index (χ3v) is 21.6. The van der Waals surface area contributed by atoms with Gasteiger partial charge in [-0.1, -0.05) is 98.0 Å². The van der Waals surface area contributed by atoms with Gasteiger partial charge in [-0.25, -0.2) is 28.9 Å². The molecule has 2 atom stereocenters. The highest BCUT2D eigenvalue weighted by Crippen LogP contribution is 2.63. The first-order valence-corrected chi connectivity index (χ1v) is 36.9. The zero-order valence-corrected chi connectivity index (χ0v) is 63.4. The van der Waals surface area contributed by atoms with Gasteiger partial charge in [0.15, 0.2) is 6.07 Å². The first-order valence-electron chi connectivity index (χ1n) is 36.3. The molecule has 31 heteroatoms. The van der Waals surface area contributed by atoms with Crippen LogP contribution < -0.4 is 20.4 Å². The normalized spacial score (nSPS) is 19.4. The number of nitriles is 4. The minimum absolute atomic E-state index is 0. The van der Waals surface area contributed by atoms with Crippen LogP contribution in [0.15, 0.2) is 73.3 Å². The summed E-state index contributed by atoms with van der Waals surface area (Å²) in [5.74, 6) is -1.51. The van der Waals surface area contributed by atoms with Crippen LogP contribution in [0.2, 0.25) is 0 Å². The fourth-order valence-electron chi connectivity index (χ4n) is 15.2. The van der Waals surface area contributed by atoms with Crippen LogP contribution in [0, 0.1) is 106 Å². The van der Waals surface area contributed by atoms with Gasteiger partial charge in [-0.2, -0.15) is 29.8 Å². The number of rotatable bonds is 19. The number of anilines is 4. The number of nitrogens with one attached hydrogen (secondary N) is 2. The first-order chi connectivity index (χ1) is 51.9. The van der Waals surface area contributed by atoms with E-state index in [1.807, 2.05) is 50.4 Å². The van der Waals surface area contributed by atoms with E-state index in [1.165, 1.54) is 52.5 Å². The van der Waals surface area contributed by atoms with Gasteiger partial charge in [0.05, 0.1) is 91.3 Å². The van der Waals surface area contributed by atoms with E-state index in [4.69, 9.17) is 30.9 Å². The number of likely N-dealkylation sites (tertiary alicyclic amines) is 2. The summed E-state index contributed by atoms with van der Waals surface area (Å²) in [6.07, 6.45) is 13.6. The highest BCUT2D eigenvalue weighted by atomic mass is 35.5. The number of alkyl halides is 1. The van der Waals surface area contributed by atoms with Crippen LogP contribution in [-0.2, 0) is 34.9 Å². The van der Waals surface area contributed by atoms with Crippen molar-refractivity contribution in [2.24, 2.45) is 34.5 Å². The molecule has 0 radical (unpaired) electrons. The molecule has 6 saturated carbocycles. The van der Waals surface area contributed by atoms with Crippen molar-refractivity contribution in [3.8, 4) is 24.3 Å². The maximum absolute atomic E-state index is 14.6. The molecule has 8 heterocycles. The molecule has 4 bridgehead atoms. The van der Waals surface area contributed by atoms with E-state index in [9.17, 15) is 49.0 Å². The number of hydrogen-bond acceptors (Lipinski definition) is 23. The lowest BCUT2D eigenvalue weighted by Gasteiger charge is -2.61. The van der Waals surface area contributed by atoms with Crippen LogP contribution in [0.1, 0.15) is 196 Å². The average Bonchev–Trinajstić information content (AvgIpc) is 1.28. The minimum atomic E-state index is -1.08. The maximum atomic E-state index is 14.6. The summed E-state index contributed by atoms with van der Waals surface area (Å²) < 4.78 is 49.0. The average molecular weight is 1550 g/mol. The van der Waals surface area contributed by atoms with Crippen molar-refractivity contribution in [1.82, 2.24) is 59.7 Å². The number of halogens is 3. The molecule has 6 aromatic heterocycles. The van der Waals surface area contributed by atoms with Crippen LogP contribution in [0.5, 0.6) is 0 Å². The summed E-state index contributed by atoms with van der Waals surface area (Å²) in [5, 5.41) is 75.0. The zero-order chi connectivity index (χ0) is 78.0. The molecule has 2 unspecified atom stereocenters. The van der Waals surface area contributed by atoms with E-state index in [0.29, 0.717) is 99.2 Å². The van der Waals surface area contributed by atoms with Gasteiger partial charge >= 0.3 is 24.1 Å². The zero-order valence-electron chi connectivity index (χ0n) is 62.6. The quantitative estimate of drug-likeness (QED) is 0.0293. The molecule has 8 fully saturated rings. The number of carbonyl (C=O) groups is 4. The molecule has 2 aliphatic heterocycles. The SMILES string of the molecule is C.C.C.CN1CCC(C(=O)O)CC1.Cc1nc(F)ccc1C(c1cn(C23CC(C2)C3)nn1)N(C(=O)OCCl)c1cc(C#N)c2ncc(C#N)c(NCC(C)(C)C)c2c1.Cc1nc(F)ccc1C(c1cn(C23CC(C2)C3)nn1)N(C(=O)OCOC(=O)C1CCN(C)CC1)c1cc(C#N)c2ncc(C#N)c(NCC(C)(C)C)c2c1. The highest BCUT2D eigenvalue weighted by Gasteiger charge is 2.60. The van der Waals surface area contributed by atoms with Crippen LogP contribution in [0.4, 0.5) is 41.1 Å². The predicted molar refractivity (Wildman–Crippen MR) is 418 cm³/mol. The van der Waals surface area contributed by atoms with Crippen molar-refractivity contribution in [2.45, 2.75) is 165 Å². The van der Waals surface area contributed by atoms with Crippen LogP contribution in [0.3, 0.4) is 0 Å². The number of aryl methyl sites for hydroxylation is 2. The number of carboxylic acid groups (broad SMARTS) is 1. The number of hydrogen-bond donors (Lipinski definition) is 3. The number of nitrogens with zero attached hydrogens (tertiary/aromatic N) is 18. The first kappa shape index (κ1) is 85.0. The van der Waals surface area contributed by atoms with E-state index in [1.54, 1.807) is 38.2 Å².